The van der Waals surface area contributed by atoms with Crippen LogP contribution in [0.5, 0.6) is 0 Å². The number of nitro benzene ring substituents is 1. The number of anilines is 2. The molecular weight excluding hydrogens is 332 g/mol. The van der Waals surface area contributed by atoms with Crippen LogP contribution in [0.3, 0.4) is 0 Å². The van der Waals surface area contributed by atoms with E-state index in [1.165, 1.54) is 37.5 Å². The van der Waals surface area contributed by atoms with E-state index in [9.17, 15) is 14.9 Å². The Morgan fingerprint density at radius 3 is 2.46 bits per heavy atom. The van der Waals surface area contributed by atoms with Crippen LogP contribution in [0.2, 0.25) is 0 Å². The highest BCUT2D eigenvalue weighted by Gasteiger charge is 2.11. The Morgan fingerprint density at radius 2 is 1.85 bits per heavy atom. The van der Waals surface area contributed by atoms with E-state index in [2.05, 4.69) is 15.2 Å². The van der Waals surface area contributed by atoms with E-state index in [4.69, 9.17) is 0 Å². The van der Waals surface area contributed by atoms with Crippen molar-refractivity contribution >= 4 is 29.2 Å². The van der Waals surface area contributed by atoms with Crippen LogP contribution in [0.25, 0.3) is 6.08 Å². The summed E-state index contributed by atoms with van der Waals surface area (Å²) in [5, 5.41) is 13.4. The van der Waals surface area contributed by atoms with Crippen LogP contribution in [0.1, 0.15) is 24.8 Å². The van der Waals surface area contributed by atoms with E-state index in [0.29, 0.717) is 11.3 Å². The van der Waals surface area contributed by atoms with Crippen LogP contribution in [0.4, 0.5) is 17.2 Å². The van der Waals surface area contributed by atoms with Crippen LogP contribution >= 0.6 is 0 Å². The summed E-state index contributed by atoms with van der Waals surface area (Å²) in [7, 11) is 0. The molecule has 0 bridgehead atoms. The lowest BCUT2D eigenvalue weighted by Gasteiger charge is -2.27. The first kappa shape index (κ1) is 17.6. The molecule has 1 fully saturated rings. The molecule has 1 aliphatic rings. The van der Waals surface area contributed by atoms with Gasteiger partial charge in [0.25, 0.3) is 5.69 Å². The van der Waals surface area contributed by atoms with Crippen LogP contribution in [0, 0.1) is 10.1 Å². The highest BCUT2D eigenvalue weighted by Crippen LogP contribution is 2.19. The minimum absolute atomic E-state index is 0.0199. The van der Waals surface area contributed by atoms with Gasteiger partial charge in [0.15, 0.2) is 0 Å². The summed E-state index contributed by atoms with van der Waals surface area (Å²) in [6, 6.07) is 9.75. The monoisotopic (exact) mass is 352 g/mol. The zero-order valence-electron chi connectivity index (χ0n) is 14.3. The number of carbonyl (C=O) groups is 1. The predicted octanol–water partition coefficient (Wildman–Crippen LogP) is 3.63. The van der Waals surface area contributed by atoms with Crippen molar-refractivity contribution in [3.63, 3.8) is 0 Å². The summed E-state index contributed by atoms with van der Waals surface area (Å²) in [5.74, 6) is 0.653. The number of benzene rings is 1. The number of nitro groups is 1. The predicted molar refractivity (Wildman–Crippen MR) is 101 cm³/mol. The summed E-state index contributed by atoms with van der Waals surface area (Å²) in [6.45, 7) is 2.05. The van der Waals surface area contributed by atoms with E-state index in [-0.39, 0.29) is 11.6 Å². The molecule has 1 aliphatic heterocycles. The highest BCUT2D eigenvalue weighted by molar-refractivity contribution is 6.01. The fourth-order valence-electron chi connectivity index (χ4n) is 2.83. The molecule has 7 heteroatoms. The number of pyridine rings is 1. The molecule has 7 nitrogen and oxygen atoms in total. The number of rotatable bonds is 5. The molecule has 1 aromatic carbocycles. The normalized spacial score (nSPS) is 14.4. The molecule has 1 aromatic heterocycles. The highest BCUT2D eigenvalue weighted by atomic mass is 16.6. The number of nitrogens with zero attached hydrogens (tertiary/aromatic N) is 3. The molecule has 0 aliphatic carbocycles. The summed E-state index contributed by atoms with van der Waals surface area (Å²) < 4.78 is 0. The van der Waals surface area contributed by atoms with Crippen LogP contribution in [0.15, 0.2) is 48.7 Å². The molecule has 1 N–H and O–H groups in total. The molecule has 0 radical (unpaired) electrons. The number of amides is 1. The third-order valence-corrected chi connectivity index (χ3v) is 4.23. The van der Waals surface area contributed by atoms with Gasteiger partial charge in [-0.1, -0.05) is 0 Å². The maximum Gasteiger partial charge on any atom is 0.269 e. The van der Waals surface area contributed by atoms with Gasteiger partial charge in [-0.15, -0.1) is 0 Å². The lowest BCUT2D eigenvalue weighted by molar-refractivity contribution is -0.384. The molecule has 2 heterocycles. The van der Waals surface area contributed by atoms with Crippen LogP contribution in [-0.2, 0) is 4.79 Å². The van der Waals surface area contributed by atoms with Gasteiger partial charge < -0.3 is 10.2 Å². The van der Waals surface area contributed by atoms with Gasteiger partial charge >= 0.3 is 0 Å². The van der Waals surface area contributed by atoms with E-state index < -0.39 is 4.92 Å². The molecule has 0 unspecified atom stereocenters. The Hall–Kier alpha value is -3.22. The first-order chi connectivity index (χ1) is 12.6. The molecule has 2 aromatic rings. The zero-order valence-corrected chi connectivity index (χ0v) is 14.3. The van der Waals surface area contributed by atoms with E-state index in [1.807, 2.05) is 12.1 Å². The number of aromatic nitrogens is 1. The van der Waals surface area contributed by atoms with Gasteiger partial charge in [-0.05, 0) is 55.2 Å². The van der Waals surface area contributed by atoms with Crippen LogP contribution in [-0.4, -0.2) is 28.9 Å². The molecule has 0 saturated carbocycles. The molecule has 134 valence electrons. The second-order valence-electron chi connectivity index (χ2n) is 6.12. The fourth-order valence-corrected chi connectivity index (χ4v) is 2.83. The Morgan fingerprint density at radius 1 is 1.12 bits per heavy atom. The van der Waals surface area contributed by atoms with Crippen molar-refractivity contribution in [3.8, 4) is 0 Å². The summed E-state index contributed by atoms with van der Waals surface area (Å²) in [6.07, 6.45) is 8.29. The smallest absolute Gasteiger partial charge is 0.269 e. The third kappa shape index (κ3) is 4.66. The first-order valence-corrected chi connectivity index (χ1v) is 8.56. The minimum atomic E-state index is -0.458. The fraction of sp³-hybridized carbons (Fsp3) is 0.263. The van der Waals surface area contributed by atoms with Crippen molar-refractivity contribution in [2.45, 2.75) is 19.3 Å². The van der Waals surface area contributed by atoms with Gasteiger partial charge in [0, 0.05) is 31.3 Å². The number of carbonyl (C=O) groups excluding carboxylic acids is 1. The Balaban J connectivity index is 1.56. The van der Waals surface area contributed by atoms with E-state index >= 15 is 0 Å². The van der Waals surface area contributed by atoms with Crippen molar-refractivity contribution in [2.75, 3.05) is 23.3 Å². The standard InChI is InChI=1S/C19H20N4O3/c24-19(11-6-15-4-8-17(9-5-15)23(25)26)21-16-7-10-18(20-14-16)22-12-2-1-3-13-22/h4-11,14H,1-3,12-13H2,(H,21,24)/b11-6+. The average molecular weight is 352 g/mol. The molecule has 26 heavy (non-hydrogen) atoms. The van der Waals surface area contributed by atoms with Crippen molar-refractivity contribution < 1.29 is 9.72 Å². The van der Waals surface area contributed by atoms with Crippen molar-refractivity contribution in [2.24, 2.45) is 0 Å². The van der Waals surface area contributed by atoms with Gasteiger partial charge in [-0.25, -0.2) is 4.98 Å². The quantitative estimate of drug-likeness (QED) is 0.504. The van der Waals surface area contributed by atoms with E-state index in [0.717, 1.165) is 18.9 Å². The largest absolute Gasteiger partial charge is 0.357 e. The molecule has 1 saturated heterocycles. The summed E-state index contributed by atoms with van der Waals surface area (Å²) >= 11 is 0. The summed E-state index contributed by atoms with van der Waals surface area (Å²) in [4.78, 5) is 28.8. The van der Waals surface area contributed by atoms with Gasteiger partial charge in [0.2, 0.25) is 5.91 Å². The maximum atomic E-state index is 12.0. The topological polar surface area (TPSA) is 88.4 Å². The van der Waals surface area contributed by atoms with Gasteiger partial charge in [0.1, 0.15) is 5.82 Å². The first-order valence-electron chi connectivity index (χ1n) is 8.56. The van der Waals surface area contributed by atoms with Crippen molar-refractivity contribution in [1.82, 2.24) is 4.98 Å². The number of nitrogens with one attached hydrogen (secondary N) is 1. The number of non-ortho nitro benzene ring substituents is 1. The Labute approximate surface area is 151 Å². The van der Waals surface area contributed by atoms with Gasteiger partial charge in [-0.2, -0.15) is 0 Å². The number of hydrogen-bond donors (Lipinski definition) is 1. The molecule has 1 amide bonds. The lowest BCUT2D eigenvalue weighted by Crippen LogP contribution is -2.30. The third-order valence-electron chi connectivity index (χ3n) is 4.23. The second-order valence-corrected chi connectivity index (χ2v) is 6.12. The Kier molecular flexibility index (Phi) is 5.58. The summed E-state index contributed by atoms with van der Waals surface area (Å²) in [5.41, 5.74) is 1.36. The molecular formula is C19H20N4O3. The van der Waals surface area contributed by atoms with Crippen molar-refractivity contribution in [3.05, 3.63) is 64.3 Å². The molecule has 0 atom stereocenters. The molecule has 3 rings (SSSR count). The van der Waals surface area contributed by atoms with Gasteiger partial charge in [-0.3, -0.25) is 14.9 Å². The average Bonchev–Trinajstić information content (AvgIpc) is 2.68. The zero-order chi connectivity index (χ0) is 18.4. The number of piperidine rings is 1. The maximum absolute atomic E-state index is 12.0. The molecule has 0 spiro atoms. The SMILES string of the molecule is O=C(/C=C/c1ccc([N+](=O)[O-])cc1)Nc1ccc(N2CCCCC2)nc1. The Bertz CT molecular complexity index is 795. The van der Waals surface area contributed by atoms with Crippen LogP contribution < -0.4 is 10.2 Å². The van der Waals surface area contributed by atoms with E-state index in [1.54, 1.807) is 24.4 Å². The van der Waals surface area contributed by atoms with Crippen molar-refractivity contribution in [1.29, 1.82) is 0 Å². The lowest BCUT2D eigenvalue weighted by atomic mass is 10.1. The number of hydrogen-bond acceptors (Lipinski definition) is 5. The van der Waals surface area contributed by atoms with Gasteiger partial charge in [0.05, 0.1) is 16.8 Å². The second kappa shape index (κ2) is 8.24. The minimum Gasteiger partial charge on any atom is -0.357 e.